The summed E-state index contributed by atoms with van der Waals surface area (Å²) in [7, 11) is -3.24. The number of esters is 1. The number of carbonyl (C=O) groups excluding carboxylic acids is 1. The molecule has 0 atom stereocenters. The fourth-order valence-electron chi connectivity index (χ4n) is 3.12. The van der Waals surface area contributed by atoms with Crippen LogP contribution in [0.4, 0.5) is 0 Å². The summed E-state index contributed by atoms with van der Waals surface area (Å²) in [6.07, 6.45) is 1.03. The normalized spacial score (nSPS) is 21.6. The number of carbonyl (C=O) groups is 1. The SMILES string of the molecule is CC(C)S(=O)(=O)N1CCC2(CC1)OC(=O)c1ccccc12. The van der Waals surface area contributed by atoms with Crippen molar-refractivity contribution in [2.75, 3.05) is 13.1 Å². The van der Waals surface area contributed by atoms with Crippen LogP contribution < -0.4 is 0 Å². The second-order valence-electron chi connectivity index (χ2n) is 5.92. The van der Waals surface area contributed by atoms with Crippen molar-refractivity contribution < 1.29 is 17.9 Å². The maximum atomic E-state index is 12.2. The number of fused-ring (bicyclic) bond motifs is 2. The molecule has 3 rings (SSSR count). The van der Waals surface area contributed by atoms with Crippen LogP contribution in [0.5, 0.6) is 0 Å². The molecule has 1 fully saturated rings. The molecule has 5 nitrogen and oxygen atoms in total. The number of ether oxygens (including phenoxy) is 1. The van der Waals surface area contributed by atoms with Crippen LogP contribution in [-0.4, -0.2) is 37.0 Å². The lowest BCUT2D eigenvalue weighted by Crippen LogP contribution is -2.47. The predicted molar refractivity (Wildman–Crippen MR) is 78.4 cm³/mol. The number of nitrogens with zero attached hydrogens (tertiary/aromatic N) is 1. The summed E-state index contributed by atoms with van der Waals surface area (Å²) in [6.45, 7) is 4.15. The van der Waals surface area contributed by atoms with E-state index in [4.69, 9.17) is 4.74 Å². The van der Waals surface area contributed by atoms with Crippen molar-refractivity contribution >= 4 is 16.0 Å². The molecule has 2 heterocycles. The van der Waals surface area contributed by atoms with Crippen LogP contribution in [0.3, 0.4) is 0 Å². The van der Waals surface area contributed by atoms with E-state index in [0.717, 1.165) is 5.56 Å². The Labute approximate surface area is 124 Å². The number of benzene rings is 1. The summed E-state index contributed by atoms with van der Waals surface area (Å²) in [5.74, 6) is -0.300. The zero-order chi connectivity index (χ0) is 15.3. The van der Waals surface area contributed by atoms with E-state index >= 15 is 0 Å². The molecule has 114 valence electrons. The van der Waals surface area contributed by atoms with Crippen LogP contribution >= 0.6 is 0 Å². The van der Waals surface area contributed by atoms with Gasteiger partial charge in [-0.25, -0.2) is 17.5 Å². The molecular formula is C15H19NO4S. The number of hydrogen-bond acceptors (Lipinski definition) is 4. The van der Waals surface area contributed by atoms with Crippen molar-refractivity contribution in [3.05, 3.63) is 35.4 Å². The van der Waals surface area contributed by atoms with Gasteiger partial charge in [0.25, 0.3) is 0 Å². The minimum atomic E-state index is -3.24. The first-order valence-corrected chi connectivity index (χ1v) is 8.69. The summed E-state index contributed by atoms with van der Waals surface area (Å²) in [4.78, 5) is 12.0. The molecule has 0 aliphatic carbocycles. The van der Waals surface area contributed by atoms with Gasteiger partial charge in [-0.05, 0) is 19.9 Å². The highest BCUT2D eigenvalue weighted by atomic mass is 32.2. The Balaban J connectivity index is 1.86. The van der Waals surface area contributed by atoms with Gasteiger partial charge in [0.05, 0.1) is 10.8 Å². The van der Waals surface area contributed by atoms with Crippen LogP contribution in [0, 0.1) is 0 Å². The molecule has 0 N–H and O–H groups in total. The lowest BCUT2D eigenvalue weighted by molar-refractivity contribution is -0.0329. The summed E-state index contributed by atoms with van der Waals surface area (Å²) in [5, 5.41) is -0.426. The predicted octanol–water partition coefficient (Wildman–Crippen LogP) is 1.89. The van der Waals surface area contributed by atoms with E-state index in [9.17, 15) is 13.2 Å². The Kier molecular flexibility index (Phi) is 3.33. The number of sulfonamides is 1. The fraction of sp³-hybridized carbons (Fsp3) is 0.533. The molecule has 2 aliphatic heterocycles. The second kappa shape index (κ2) is 4.81. The minimum Gasteiger partial charge on any atom is -0.450 e. The molecule has 1 saturated heterocycles. The number of piperidine rings is 1. The molecule has 0 unspecified atom stereocenters. The average molecular weight is 309 g/mol. The molecule has 0 aromatic heterocycles. The van der Waals surface area contributed by atoms with E-state index in [-0.39, 0.29) is 5.97 Å². The van der Waals surface area contributed by atoms with Crippen LogP contribution in [-0.2, 0) is 20.4 Å². The van der Waals surface area contributed by atoms with E-state index in [2.05, 4.69) is 0 Å². The molecular weight excluding hydrogens is 290 g/mol. The van der Waals surface area contributed by atoms with Crippen molar-refractivity contribution in [2.45, 2.75) is 37.5 Å². The van der Waals surface area contributed by atoms with Crippen molar-refractivity contribution in [3.8, 4) is 0 Å². The van der Waals surface area contributed by atoms with Gasteiger partial charge in [-0.2, -0.15) is 0 Å². The Bertz CT molecular complexity index is 673. The number of hydrogen-bond donors (Lipinski definition) is 0. The lowest BCUT2D eigenvalue weighted by Gasteiger charge is -2.38. The zero-order valence-electron chi connectivity index (χ0n) is 12.2. The van der Waals surface area contributed by atoms with Gasteiger partial charge in [0, 0.05) is 31.5 Å². The molecule has 21 heavy (non-hydrogen) atoms. The summed E-state index contributed by atoms with van der Waals surface area (Å²) in [5.41, 5.74) is 0.866. The topological polar surface area (TPSA) is 63.7 Å². The monoisotopic (exact) mass is 309 g/mol. The molecule has 0 amide bonds. The molecule has 0 bridgehead atoms. The molecule has 0 saturated carbocycles. The fourth-order valence-corrected chi connectivity index (χ4v) is 4.41. The first-order valence-electron chi connectivity index (χ1n) is 7.19. The zero-order valence-corrected chi connectivity index (χ0v) is 13.0. The van der Waals surface area contributed by atoms with Crippen molar-refractivity contribution in [2.24, 2.45) is 0 Å². The van der Waals surface area contributed by atoms with E-state index in [0.29, 0.717) is 31.5 Å². The largest absolute Gasteiger partial charge is 0.450 e. The molecule has 1 aromatic rings. The highest BCUT2D eigenvalue weighted by Gasteiger charge is 2.48. The first kappa shape index (κ1) is 14.5. The second-order valence-corrected chi connectivity index (χ2v) is 8.41. The molecule has 0 radical (unpaired) electrons. The highest BCUT2D eigenvalue weighted by Crippen LogP contribution is 2.44. The molecule has 1 aromatic carbocycles. The van der Waals surface area contributed by atoms with Crippen LogP contribution in [0.1, 0.15) is 42.6 Å². The maximum Gasteiger partial charge on any atom is 0.339 e. The van der Waals surface area contributed by atoms with Crippen LogP contribution in [0.15, 0.2) is 24.3 Å². The molecule has 6 heteroatoms. The molecule has 1 spiro atoms. The third kappa shape index (κ3) is 2.17. The van der Waals surface area contributed by atoms with E-state index in [1.165, 1.54) is 4.31 Å². The summed E-state index contributed by atoms with van der Waals surface area (Å²) < 4.78 is 31.6. The summed E-state index contributed by atoms with van der Waals surface area (Å²) >= 11 is 0. The Hall–Kier alpha value is -1.40. The van der Waals surface area contributed by atoms with Gasteiger partial charge in [0.1, 0.15) is 5.60 Å². The first-order chi connectivity index (χ1) is 9.87. The van der Waals surface area contributed by atoms with Crippen LogP contribution in [0.2, 0.25) is 0 Å². The molecule has 2 aliphatic rings. The quantitative estimate of drug-likeness (QED) is 0.783. The standard InChI is InChI=1S/C15H19NO4S/c1-11(2)21(18,19)16-9-7-15(8-10-16)13-6-4-3-5-12(13)14(17)20-15/h3-6,11H,7-10H2,1-2H3. The van der Waals surface area contributed by atoms with Crippen molar-refractivity contribution in [1.29, 1.82) is 0 Å². The Morgan fingerprint density at radius 2 is 1.81 bits per heavy atom. The van der Waals surface area contributed by atoms with Gasteiger partial charge in [-0.15, -0.1) is 0 Å². The van der Waals surface area contributed by atoms with Crippen molar-refractivity contribution in [3.63, 3.8) is 0 Å². The third-order valence-corrected chi connectivity index (χ3v) is 6.69. The smallest absolute Gasteiger partial charge is 0.339 e. The van der Waals surface area contributed by atoms with Gasteiger partial charge in [-0.3, -0.25) is 0 Å². The average Bonchev–Trinajstić information content (AvgIpc) is 2.73. The van der Waals surface area contributed by atoms with Crippen LogP contribution in [0.25, 0.3) is 0 Å². The van der Waals surface area contributed by atoms with E-state index in [1.54, 1.807) is 19.9 Å². The Morgan fingerprint density at radius 3 is 2.43 bits per heavy atom. The maximum absolute atomic E-state index is 12.2. The van der Waals surface area contributed by atoms with Gasteiger partial charge >= 0.3 is 5.97 Å². The van der Waals surface area contributed by atoms with Crippen molar-refractivity contribution in [1.82, 2.24) is 4.31 Å². The van der Waals surface area contributed by atoms with Gasteiger partial charge in [-0.1, -0.05) is 18.2 Å². The summed E-state index contributed by atoms with van der Waals surface area (Å²) in [6, 6.07) is 7.38. The lowest BCUT2D eigenvalue weighted by atomic mass is 9.84. The van der Waals surface area contributed by atoms with Gasteiger partial charge < -0.3 is 4.74 Å². The Morgan fingerprint density at radius 1 is 1.19 bits per heavy atom. The minimum absolute atomic E-state index is 0.300. The van der Waals surface area contributed by atoms with Gasteiger partial charge in [0.15, 0.2) is 0 Å². The van der Waals surface area contributed by atoms with Gasteiger partial charge in [0.2, 0.25) is 10.0 Å². The number of rotatable bonds is 2. The van der Waals surface area contributed by atoms with E-state index in [1.807, 2.05) is 18.2 Å². The third-order valence-electron chi connectivity index (χ3n) is 4.41. The van der Waals surface area contributed by atoms with E-state index < -0.39 is 20.9 Å². The highest BCUT2D eigenvalue weighted by molar-refractivity contribution is 7.89.